The number of nitrogens with one attached hydrogen (secondary N) is 1. The van der Waals surface area contributed by atoms with Crippen molar-refractivity contribution in [2.24, 2.45) is 10.2 Å². The van der Waals surface area contributed by atoms with Crippen molar-refractivity contribution in [2.45, 2.75) is 19.6 Å². The summed E-state index contributed by atoms with van der Waals surface area (Å²) in [5.74, 6) is -1.83. The Morgan fingerprint density at radius 3 is 1.98 bits per heavy atom. The van der Waals surface area contributed by atoms with Gasteiger partial charge in [0.05, 0.1) is 10.6 Å². The van der Waals surface area contributed by atoms with Crippen molar-refractivity contribution < 1.29 is 48.8 Å². The van der Waals surface area contributed by atoms with Gasteiger partial charge in [-0.2, -0.15) is 25.3 Å². The van der Waals surface area contributed by atoms with Crippen molar-refractivity contribution >= 4 is 76.7 Å². The smallest absolute Gasteiger partial charge is 0.296 e. The van der Waals surface area contributed by atoms with E-state index in [4.69, 9.17) is 0 Å². The molecule has 0 bridgehead atoms. The van der Waals surface area contributed by atoms with Gasteiger partial charge in [-0.3, -0.25) is 18.5 Å². The molecule has 0 atom stereocenters. The van der Waals surface area contributed by atoms with E-state index < -0.39 is 73.8 Å². The molecule has 0 radical (unpaired) electrons. The van der Waals surface area contributed by atoms with Crippen LogP contribution in [0.15, 0.2) is 96.5 Å². The lowest BCUT2D eigenvalue weighted by Crippen LogP contribution is -2.13. The van der Waals surface area contributed by atoms with Crippen molar-refractivity contribution in [3.05, 3.63) is 72.3 Å². The number of thiol groups is 1. The van der Waals surface area contributed by atoms with E-state index in [9.17, 15) is 48.8 Å². The summed E-state index contributed by atoms with van der Waals surface area (Å²) in [4.78, 5) is 10.3. The lowest BCUT2D eigenvalue weighted by atomic mass is 10.1. The monoisotopic (exact) mass is 639 g/mol. The van der Waals surface area contributed by atoms with E-state index in [0.717, 1.165) is 24.3 Å². The second-order valence-corrected chi connectivity index (χ2v) is 13.0. The molecule has 14 nitrogen and oxygen atoms in total. The number of phenolic OH excluding ortho intramolecular Hbond substituents is 1. The van der Waals surface area contributed by atoms with Gasteiger partial charge in [0.25, 0.3) is 36.3 Å². The van der Waals surface area contributed by atoms with Gasteiger partial charge < -0.3 is 10.4 Å². The number of carbonyl (C=O) groups is 1. The van der Waals surface area contributed by atoms with Crippen LogP contribution < -0.4 is 5.32 Å². The van der Waals surface area contributed by atoms with Crippen LogP contribution in [0.25, 0.3) is 10.8 Å². The molecule has 0 unspecified atom stereocenters. The predicted molar refractivity (Wildman–Crippen MR) is 147 cm³/mol. The Morgan fingerprint density at radius 2 is 1.39 bits per heavy atom. The van der Waals surface area contributed by atoms with Crippen molar-refractivity contribution in [1.29, 1.82) is 0 Å². The second-order valence-electron chi connectivity index (χ2n) is 8.24. The van der Waals surface area contributed by atoms with Crippen molar-refractivity contribution in [3.63, 3.8) is 0 Å². The first-order valence-corrected chi connectivity index (χ1v) is 15.6. The minimum Gasteiger partial charge on any atom is -0.505 e. The normalized spacial score (nSPS) is 12.6. The first-order valence-electron chi connectivity index (χ1n) is 10.8. The third-order valence-corrected chi connectivity index (χ3v) is 8.32. The fraction of sp³-hybridized carbons (Fsp3) is 0. The molecule has 18 heteroatoms. The van der Waals surface area contributed by atoms with E-state index in [2.05, 4.69) is 28.2 Å². The highest BCUT2D eigenvalue weighted by molar-refractivity contribution is 7.86. The standard InChI is InChI=1S/C23H17N3O11S4/c27-22-20-13(8-15(39(29,30)31)11-17(20)24-23(28)12-4-2-1-3-5-12)9-19(41(35,36)37)21(22)26-25-16-7-6-14(38)10-18(16)40(32,33)34/h1-11,27,38H,(H,24,28)(H,29,30,31)(H,32,33,34)(H,35,36,37). The molecule has 214 valence electrons. The minimum absolute atomic E-state index is 0.109. The van der Waals surface area contributed by atoms with E-state index in [1.165, 1.54) is 30.3 Å². The van der Waals surface area contributed by atoms with Gasteiger partial charge in [0.1, 0.15) is 21.2 Å². The lowest BCUT2D eigenvalue weighted by Gasteiger charge is -2.15. The Balaban J connectivity index is 2.03. The molecular formula is C23H17N3O11S4. The summed E-state index contributed by atoms with van der Waals surface area (Å²) in [5.41, 5.74) is -1.76. The molecule has 0 aromatic heterocycles. The summed E-state index contributed by atoms with van der Waals surface area (Å²) in [7, 11) is -15.0. The predicted octanol–water partition coefficient (Wildman–Crippen LogP) is 4.24. The van der Waals surface area contributed by atoms with Gasteiger partial charge >= 0.3 is 0 Å². The van der Waals surface area contributed by atoms with Gasteiger partial charge in [0.15, 0.2) is 5.75 Å². The third kappa shape index (κ3) is 6.54. The highest BCUT2D eigenvalue weighted by Gasteiger charge is 2.26. The van der Waals surface area contributed by atoms with E-state index in [1.54, 1.807) is 6.07 Å². The Hall–Kier alpha value is -3.91. The van der Waals surface area contributed by atoms with E-state index in [0.29, 0.717) is 6.07 Å². The third-order valence-electron chi connectivity index (χ3n) is 5.46. The van der Waals surface area contributed by atoms with Gasteiger partial charge in [-0.15, -0.1) is 22.9 Å². The Bertz CT molecular complexity index is 2080. The number of rotatable bonds is 7. The summed E-state index contributed by atoms with van der Waals surface area (Å²) in [6.45, 7) is 0. The molecule has 0 aliphatic heterocycles. The van der Waals surface area contributed by atoms with Crippen LogP contribution in [-0.4, -0.2) is 49.9 Å². The molecule has 0 spiro atoms. The number of benzene rings is 4. The fourth-order valence-electron chi connectivity index (χ4n) is 3.68. The molecule has 5 N–H and O–H groups in total. The highest BCUT2D eigenvalue weighted by atomic mass is 32.2. The summed E-state index contributed by atoms with van der Waals surface area (Å²) in [6.07, 6.45) is 0. The number of hydrogen-bond acceptors (Lipinski definition) is 11. The summed E-state index contributed by atoms with van der Waals surface area (Å²) in [5, 5.41) is 19.9. The first-order chi connectivity index (χ1) is 19.0. The summed E-state index contributed by atoms with van der Waals surface area (Å²) < 4.78 is 101. The summed E-state index contributed by atoms with van der Waals surface area (Å²) in [6, 6.07) is 13.0. The molecular weight excluding hydrogens is 623 g/mol. The average molecular weight is 640 g/mol. The number of carbonyl (C=O) groups excluding carboxylic acids is 1. The molecule has 41 heavy (non-hydrogen) atoms. The molecule has 0 heterocycles. The Labute approximate surface area is 238 Å². The number of anilines is 1. The Morgan fingerprint density at radius 1 is 0.756 bits per heavy atom. The summed E-state index contributed by atoms with van der Waals surface area (Å²) >= 11 is 3.98. The van der Waals surface area contributed by atoms with E-state index in [1.807, 2.05) is 0 Å². The zero-order valence-electron chi connectivity index (χ0n) is 20.1. The first kappa shape index (κ1) is 30.1. The van der Waals surface area contributed by atoms with E-state index >= 15 is 0 Å². The number of fused-ring (bicyclic) bond motifs is 1. The minimum atomic E-state index is -5.22. The zero-order chi connectivity index (χ0) is 30.3. The molecule has 4 rings (SSSR count). The number of amides is 1. The Kier molecular flexibility index (Phi) is 7.93. The maximum Gasteiger partial charge on any atom is 0.296 e. The van der Waals surface area contributed by atoms with Gasteiger partial charge in [-0.05, 0) is 53.9 Å². The van der Waals surface area contributed by atoms with Gasteiger partial charge in [-0.25, -0.2) is 0 Å². The number of azo groups is 1. The molecule has 1 amide bonds. The van der Waals surface area contributed by atoms with Crippen molar-refractivity contribution in [3.8, 4) is 5.75 Å². The molecule has 4 aromatic carbocycles. The maximum atomic E-state index is 12.8. The van der Waals surface area contributed by atoms with Gasteiger partial charge in [-0.1, -0.05) is 18.2 Å². The average Bonchev–Trinajstić information content (AvgIpc) is 2.87. The highest BCUT2D eigenvalue weighted by Crippen LogP contribution is 2.45. The molecule has 0 saturated heterocycles. The zero-order valence-corrected chi connectivity index (χ0v) is 23.4. The number of phenols is 1. The molecule has 0 saturated carbocycles. The van der Waals surface area contributed by atoms with Crippen LogP contribution in [0.5, 0.6) is 5.75 Å². The molecule has 0 aliphatic rings. The van der Waals surface area contributed by atoms with Crippen LogP contribution >= 0.6 is 12.6 Å². The molecule has 0 fully saturated rings. The van der Waals surface area contributed by atoms with Crippen molar-refractivity contribution in [1.82, 2.24) is 0 Å². The number of hydrogen-bond donors (Lipinski definition) is 6. The topological polar surface area (TPSA) is 237 Å². The van der Waals surface area contributed by atoms with Crippen molar-refractivity contribution in [2.75, 3.05) is 5.32 Å². The molecule has 0 aliphatic carbocycles. The second kappa shape index (κ2) is 10.8. The van der Waals surface area contributed by atoms with Crippen LogP contribution in [0, 0.1) is 0 Å². The maximum absolute atomic E-state index is 12.8. The number of aromatic hydroxyl groups is 1. The SMILES string of the molecule is O=C(Nc1cc(S(=O)(=O)O)cc2cc(S(=O)(=O)O)c(N=Nc3ccc(S)cc3S(=O)(=O)O)c(O)c12)c1ccccc1. The van der Waals surface area contributed by atoms with Crippen LogP contribution in [0.2, 0.25) is 0 Å². The van der Waals surface area contributed by atoms with Gasteiger partial charge in [0.2, 0.25) is 0 Å². The molecule has 4 aromatic rings. The van der Waals surface area contributed by atoms with Crippen LogP contribution in [0.4, 0.5) is 17.1 Å². The quantitative estimate of drug-likeness (QED) is 0.0949. The largest absolute Gasteiger partial charge is 0.505 e. The van der Waals surface area contributed by atoms with Crippen LogP contribution in [0.1, 0.15) is 10.4 Å². The van der Waals surface area contributed by atoms with Crippen LogP contribution in [-0.2, 0) is 30.4 Å². The number of nitrogens with zero attached hydrogens (tertiary/aromatic N) is 2. The van der Waals surface area contributed by atoms with Crippen LogP contribution in [0.3, 0.4) is 0 Å². The fourth-order valence-corrected chi connectivity index (χ4v) is 5.82. The van der Waals surface area contributed by atoms with E-state index in [-0.39, 0.29) is 21.2 Å². The van der Waals surface area contributed by atoms with Gasteiger partial charge in [0, 0.05) is 15.8 Å². The lowest BCUT2D eigenvalue weighted by molar-refractivity contribution is 0.102.